The van der Waals surface area contributed by atoms with Crippen LogP contribution in [0.1, 0.15) is 0 Å². The molecule has 5 rings (SSSR count). The van der Waals surface area contributed by atoms with E-state index in [-0.39, 0.29) is 11.4 Å². The zero-order valence-electron chi connectivity index (χ0n) is 14.6. The van der Waals surface area contributed by atoms with Gasteiger partial charge in [-0.2, -0.15) is 9.61 Å². The minimum Gasteiger partial charge on any atom is -0.493 e. The standard InChI is InChI=1S/C22H14FN3OS/c23-19-9-5-4-8-16(19)17-11-24-21-18(12-25-26(21)22(17)27)20-10-15(13-28-20)14-6-2-1-3-7-14/h1-13,27H. The lowest BCUT2D eigenvalue weighted by Gasteiger charge is -2.07. The first-order valence-electron chi connectivity index (χ1n) is 8.67. The predicted molar refractivity (Wildman–Crippen MR) is 109 cm³/mol. The summed E-state index contributed by atoms with van der Waals surface area (Å²) in [6, 6.07) is 18.5. The molecule has 0 amide bonds. The second kappa shape index (κ2) is 6.58. The molecular weight excluding hydrogens is 373 g/mol. The van der Waals surface area contributed by atoms with Gasteiger partial charge in [0, 0.05) is 16.6 Å². The Balaban J connectivity index is 1.61. The molecule has 4 nitrogen and oxygen atoms in total. The van der Waals surface area contributed by atoms with E-state index in [9.17, 15) is 9.50 Å². The van der Waals surface area contributed by atoms with Gasteiger partial charge in [0.2, 0.25) is 5.88 Å². The first-order chi connectivity index (χ1) is 13.7. The fourth-order valence-electron chi connectivity index (χ4n) is 3.22. The van der Waals surface area contributed by atoms with Gasteiger partial charge in [0.15, 0.2) is 5.65 Å². The van der Waals surface area contributed by atoms with Gasteiger partial charge < -0.3 is 5.11 Å². The Morgan fingerprint density at radius 1 is 0.857 bits per heavy atom. The van der Waals surface area contributed by atoms with Crippen molar-refractivity contribution < 1.29 is 9.50 Å². The van der Waals surface area contributed by atoms with E-state index in [2.05, 4.69) is 33.7 Å². The van der Waals surface area contributed by atoms with E-state index in [1.165, 1.54) is 16.8 Å². The van der Waals surface area contributed by atoms with Crippen LogP contribution in [0.4, 0.5) is 4.39 Å². The summed E-state index contributed by atoms with van der Waals surface area (Å²) in [6.07, 6.45) is 3.16. The van der Waals surface area contributed by atoms with E-state index < -0.39 is 5.82 Å². The lowest BCUT2D eigenvalue weighted by Crippen LogP contribution is -1.95. The Labute approximate surface area is 164 Å². The number of hydrogen-bond acceptors (Lipinski definition) is 4. The summed E-state index contributed by atoms with van der Waals surface area (Å²) in [4.78, 5) is 5.46. The fraction of sp³-hybridized carbons (Fsp3) is 0. The Morgan fingerprint density at radius 2 is 1.64 bits per heavy atom. The monoisotopic (exact) mass is 387 g/mol. The molecule has 0 aliphatic rings. The molecule has 2 aromatic carbocycles. The minimum absolute atomic E-state index is 0.138. The molecule has 0 aliphatic heterocycles. The molecule has 3 heterocycles. The van der Waals surface area contributed by atoms with Crippen LogP contribution >= 0.6 is 11.3 Å². The van der Waals surface area contributed by atoms with E-state index in [0.29, 0.717) is 11.2 Å². The molecule has 3 aromatic heterocycles. The third kappa shape index (κ3) is 2.66. The van der Waals surface area contributed by atoms with Crippen molar-refractivity contribution in [2.75, 3.05) is 0 Å². The molecule has 6 heteroatoms. The van der Waals surface area contributed by atoms with Crippen LogP contribution < -0.4 is 0 Å². The molecule has 0 unspecified atom stereocenters. The highest BCUT2D eigenvalue weighted by atomic mass is 32.1. The summed E-state index contributed by atoms with van der Waals surface area (Å²) in [5, 5.41) is 17.0. The van der Waals surface area contributed by atoms with Crippen molar-refractivity contribution in [1.29, 1.82) is 0 Å². The lowest BCUT2D eigenvalue weighted by molar-refractivity contribution is 0.437. The van der Waals surface area contributed by atoms with Gasteiger partial charge in [-0.15, -0.1) is 11.3 Å². The van der Waals surface area contributed by atoms with Gasteiger partial charge in [-0.1, -0.05) is 48.5 Å². The zero-order chi connectivity index (χ0) is 19.1. The summed E-state index contributed by atoms with van der Waals surface area (Å²) < 4.78 is 15.5. The summed E-state index contributed by atoms with van der Waals surface area (Å²) in [6.45, 7) is 0. The van der Waals surface area contributed by atoms with E-state index in [4.69, 9.17) is 0 Å². The molecule has 0 radical (unpaired) electrons. The Morgan fingerprint density at radius 3 is 2.46 bits per heavy atom. The highest BCUT2D eigenvalue weighted by molar-refractivity contribution is 7.14. The number of fused-ring (bicyclic) bond motifs is 1. The highest BCUT2D eigenvalue weighted by Gasteiger charge is 2.18. The molecule has 5 aromatic rings. The average Bonchev–Trinajstić information content (AvgIpc) is 3.37. The van der Waals surface area contributed by atoms with Crippen LogP contribution in [0.2, 0.25) is 0 Å². The number of benzene rings is 2. The van der Waals surface area contributed by atoms with Crippen molar-refractivity contribution in [2.45, 2.75) is 0 Å². The van der Waals surface area contributed by atoms with Crippen LogP contribution in [0.25, 0.3) is 38.3 Å². The normalized spacial score (nSPS) is 11.2. The number of halogens is 1. The number of aromatic hydroxyl groups is 1. The van der Waals surface area contributed by atoms with Gasteiger partial charge in [0.1, 0.15) is 5.82 Å². The molecule has 136 valence electrons. The number of hydrogen-bond donors (Lipinski definition) is 1. The van der Waals surface area contributed by atoms with Crippen molar-refractivity contribution in [2.24, 2.45) is 0 Å². The van der Waals surface area contributed by atoms with Crippen LogP contribution in [-0.2, 0) is 0 Å². The van der Waals surface area contributed by atoms with E-state index in [1.807, 2.05) is 18.2 Å². The molecule has 0 aliphatic carbocycles. The summed E-state index contributed by atoms with van der Waals surface area (Å²) in [5.41, 5.74) is 4.19. The summed E-state index contributed by atoms with van der Waals surface area (Å²) in [7, 11) is 0. The Hall–Kier alpha value is -3.51. The van der Waals surface area contributed by atoms with Crippen LogP contribution in [-0.4, -0.2) is 19.7 Å². The maximum Gasteiger partial charge on any atom is 0.223 e. The predicted octanol–water partition coefficient (Wildman–Crippen LogP) is 5.64. The van der Waals surface area contributed by atoms with Gasteiger partial charge in [-0.25, -0.2) is 9.37 Å². The lowest BCUT2D eigenvalue weighted by atomic mass is 10.1. The average molecular weight is 387 g/mol. The zero-order valence-corrected chi connectivity index (χ0v) is 15.4. The molecular formula is C22H14FN3OS. The van der Waals surface area contributed by atoms with Gasteiger partial charge in [-0.3, -0.25) is 0 Å². The van der Waals surface area contributed by atoms with Gasteiger partial charge in [0.05, 0.1) is 17.3 Å². The minimum atomic E-state index is -0.419. The van der Waals surface area contributed by atoms with Gasteiger partial charge in [0.25, 0.3) is 0 Å². The maximum absolute atomic E-state index is 14.1. The van der Waals surface area contributed by atoms with Crippen LogP contribution in [0, 0.1) is 5.82 Å². The largest absolute Gasteiger partial charge is 0.493 e. The van der Waals surface area contributed by atoms with Crippen LogP contribution in [0.15, 0.2) is 78.4 Å². The number of nitrogens with zero attached hydrogens (tertiary/aromatic N) is 3. The second-order valence-electron chi connectivity index (χ2n) is 6.33. The topological polar surface area (TPSA) is 50.4 Å². The summed E-state index contributed by atoms with van der Waals surface area (Å²) >= 11 is 1.59. The molecule has 0 saturated heterocycles. The van der Waals surface area contributed by atoms with Crippen molar-refractivity contribution in [1.82, 2.24) is 14.6 Å². The van der Waals surface area contributed by atoms with Crippen molar-refractivity contribution in [3.63, 3.8) is 0 Å². The number of thiophene rings is 1. The quantitative estimate of drug-likeness (QED) is 0.436. The molecule has 0 saturated carbocycles. The van der Waals surface area contributed by atoms with Gasteiger partial charge >= 0.3 is 0 Å². The molecule has 0 fully saturated rings. The van der Waals surface area contributed by atoms with Crippen molar-refractivity contribution in [3.8, 4) is 38.6 Å². The summed E-state index contributed by atoms with van der Waals surface area (Å²) in [5.74, 6) is -0.557. The highest BCUT2D eigenvalue weighted by Crippen LogP contribution is 2.37. The maximum atomic E-state index is 14.1. The molecule has 0 spiro atoms. The fourth-order valence-corrected chi connectivity index (χ4v) is 4.15. The Kier molecular flexibility index (Phi) is 3.91. The number of aromatic nitrogens is 3. The molecule has 0 atom stereocenters. The SMILES string of the molecule is Oc1c(-c2ccccc2F)cnc2c(-c3cc(-c4ccccc4)cs3)cnn12. The van der Waals surface area contributed by atoms with E-state index in [0.717, 1.165) is 21.6 Å². The first-order valence-corrected chi connectivity index (χ1v) is 9.55. The first kappa shape index (κ1) is 16.6. The third-order valence-electron chi connectivity index (χ3n) is 4.64. The molecule has 0 bridgehead atoms. The third-order valence-corrected chi connectivity index (χ3v) is 5.60. The Bertz CT molecular complexity index is 1290. The van der Waals surface area contributed by atoms with E-state index >= 15 is 0 Å². The van der Waals surface area contributed by atoms with E-state index in [1.54, 1.807) is 35.7 Å². The van der Waals surface area contributed by atoms with Gasteiger partial charge in [-0.05, 0) is 28.6 Å². The second-order valence-corrected chi connectivity index (χ2v) is 7.25. The van der Waals surface area contributed by atoms with Crippen molar-refractivity contribution >= 4 is 17.0 Å². The number of rotatable bonds is 3. The molecule has 28 heavy (non-hydrogen) atoms. The smallest absolute Gasteiger partial charge is 0.223 e. The van der Waals surface area contributed by atoms with Crippen LogP contribution in [0.3, 0.4) is 0 Å². The van der Waals surface area contributed by atoms with Crippen LogP contribution in [0.5, 0.6) is 5.88 Å². The molecule has 1 N–H and O–H groups in total. The van der Waals surface area contributed by atoms with Crippen molar-refractivity contribution in [3.05, 3.63) is 84.3 Å².